The Hall–Kier alpha value is -2.57. The van der Waals surface area contributed by atoms with E-state index in [9.17, 15) is 40.6 Å². The van der Waals surface area contributed by atoms with Gasteiger partial charge in [-0.15, -0.1) is 11.8 Å². The highest BCUT2D eigenvalue weighted by atomic mass is 32.2. The third kappa shape index (κ3) is 6.21. The van der Waals surface area contributed by atoms with Crippen molar-refractivity contribution in [2.75, 3.05) is 18.1 Å². The van der Waals surface area contributed by atoms with Crippen molar-refractivity contribution in [2.24, 2.45) is 11.8 Å². The maximum atomic E-state index is 14.1. The molecule has 4 nitrogen and oxygen atoms in total. The minimum atomic E-state index is -4.99. The van der Waals surface area contributed by atoms with Gasteiger partial charge in [-0.05, 0) is 79.6 Å². The van der Waals surface area contributed by atoms with E-state index in [2.05, 4.69) is 0 Å². The zero-order valence-corrected chi connectivity index (χ0v) is 23.6. The van der Waals surface area contributed by atoms with Crippen LogP contribution in [0.1, 0.15) is 59.6 Å². The number of carbonyl (C=O) groups is 1. The number of hydrogen-bond acceptors (Lipinski definition) is 5. The molecule has 0 spiro atoms. The lowest BCUT2D eigenvalue weighted by Gasteiger charge is -2.42. The Morgan fingerprint density at radius 3 is 2.26 bits per heavy atom. The van der Waals surface area contributed by atoms with Gasteiger partial charge in [0.2, 0.25) is 0 Å². The third-order valence-electron chi connectivity index (χ3n) is 8.52. The van der Waals surface area contributed by atoms with Gasteiger partial charge < -0.3 is 14.7 Å². The number of thioether (sulfide) groups is 1. The Balaban J connectivity index is 1.51. The summed E-state index contributed by atoms with van der Waals surface area (Å²) in [4.78, 5) is 13.9. The molecular weight excluding hydrogens is 587 g/mol. The van der Waals surface area contributed by atoms with Crippen LogP contribution >= 0.6 is 11.8 Å². The number of fused-ring (bicyclic) bond motifs is 1. The lowest BCUT2D eigenvalue weighted by Crippen LogP contribution is -2.42. The van der Waals surface area contributed by atoms with E-state index in [1.165, 1.54) is 36.9 Å². The molecule has 1 saturated carbocycles. The second-order valence-electron chi connectivity index (χ2n) is 11.3. The molecular formula is C30H30F7NO3S. The maximum Gasteiger partial charge on any atom is 0.416 e. The smallest absolute Gasteiger partial charge is 0.373 e. The summed E-state index contributed by atoms with van der Waals surface area (Å²) in [7, 11) is 0. The number of allylic oxidation sites excluding steroid dienone is 1. The standard InChI is InChI=1S/C30H30F7NO3S/c1-15-7-21(31)4-5-24(15)27-25(6-3-17-12-38(28(40)26(17)27)22-11-23(39)14-42-13-22)41-16(2)18-8-19(29(32,33)34)10-20(9-18)30(35,36)37/h4-5,7-11,16-17,25-28,40H,3,6,12-14H2,1-2H3/t16-,17-,25+,26-,27-,28?/m1/s1. The fraction of sp³-hybridized carbons (Fsp3) is 0.500. The highest BCUT2D eigenvalue weighted by Crippen LogP contribution is 2.51. The molecule has 3 aliphatic rings. The fourth-order valence-electron chi connectivity index (χ4n) is 6.61. The van der Waals surface area contributed by atoms with E-state index in [1.807, 2.05) is 0 Å². The SMILES string of the molecule is Cc1cc(F)ccc1[C@H]1[C@@H]2C(O)N(C3=CC(=O)CSC3)C[C@H]2CC[C@@H]1O[C@H](C)c1cc(C(F)(F)F)cc(C(F)(F)F)c1. The van der Waals surface area contributed by atoms with Crippen LogP contribution in [0.5, 0.6) is 0 Å². The van der Waals surface area contributed by atoms with Gasteiger partial charge in [0, 0.05) is 35.9 Å². The highest BCUT2D eigenvalue weighted by molar-refractivity contribution is 8.00. The van der Waals surface area contributed by atoms with Crippen LogP contribution < -0.4 is 0 Å². The van der Waals surface area contributed by atoms with Crippen molar-refractivity contribution < 1.29 is 45.4 Å². The van der Waals surface area contributed by atoms with Crippen LogP contribution in [0.3, 0.4) is 0 Å². The van der Waals surface area contributed by atoms with Crippen LogP contribution in [0, 0.1) is 24.6 Å². The third-order valence-corrected chi connectivity index (χ3v) is 9.50. The van der Waals surface area contributed by atoms with E-state index < -0.39 is 59.6 Å². The number of aryl methyl sites for hydroxylation is 1. The molecule has 228 valence electrons. The van der Waals surface area contributed by atoms with Gasteiger partial charge in [-0.3, -0.25) is 4.79 Å². The molecule has 2 aromatic rings. The van der Waals surface area contributed by atoms with Gasteiger partial charge in [0.25, 0.3) is 0 Å². The number of carbonyl (C=O) groups excluding carboxylic acids is 1. The van der Waals surface area contributed by atoms with E-state index in [0.717, 1.165) is 0 Å². The molecule has 2 aromatic carbocycles. The Labute approximate surface area is 242 Å². The molecule has 6 atom stereocenters. The number of nitrogens with zero attached hydrogens (tertiary/aromatic N) is 1. The molecule has 1 aliphatic carbocycles. The molecule has 0 amide bonds. The van der Waals surface area contributed by atoms with Crippen molar-refractivity contribution in [3.8, 4) is 0 Å². The first-order chi connectivity index (χ1) is 19.6. The van der Waals surface area contributed by atoms with Gasteiger partial charge in [-0.1, -0.05) is 6.07 Å². The van der Waals surface area contributed by atoms with E-state index in [-0.39, 0.29) is 23.3 Å². The van der Waals surface area contributed by atoms with Crippen LogP contribution in [0.25, 0.3) is 0 Å². The molecule has 1 N–H and O–H groups in total. The van der Waals surface area contributed by atoms with E-state index in [4.69, 9.17) is 4.74 Å². The van der Waals surface area contributed by atoms with Gasteiger partial charge in [-0.2, -0.15) is 26.3 Å². The van der Waals surface area contributed by atoms with Gasteiger partial charge in [0.1, 0.15) is 12.0 Å². The summed E-state index contributed by atoms with van der Waals surface area (Å²) in [5.41, 5.74) is -1.13. The summed E-state index contributed by atoms with van der Waals surface area (Å²) in [5.74, 6) is -0.605. The van der Waals surface area contributed by atoms with Gasteiger partial charge in [0.05, 0.1) is 29.1 Å². The molecule has 1 unspecified atom stereocenters. The summed E-state index contributed by atoms with van der Waals surface area (Å²) in [5, 5.41) is 11.6. The first-order valence-electron chi connectivity index (χ1n) is 13.6. The first-order valence-corrected chi connectivity index (χ1v) is 14.8. The molecule has 0 bridgehead atoms. The number of ether oxygens (including phenoxy) is 1. The Morgan fingerprint density at radius 1 is 1.00 bits per heavy atom. The van der Waals surface area contributed by atoms with E-state index in [1.54, 1.807) is 17.9 Å². The van der Waals surface area contributed by atoms with Gasteiger partial charge in [-0.25, -0.2) is 4.39 Å². The molecule has 2 aliphatic heterocycles. The van der Waals surface area contributed by atoms with Crippen molar-refractivity contribution in [1.29, 1.82) is 0 Å². The molecule has 0 radical (unpaired) electrons. The molecule has 5 rings (SSSR count). The van der Waals surface area contributed by atoms with Crippen LogP contribution in [0.2, 0.25) is 0 Å². The van der Waals surface area contributed by atoms with E-state index in [0.29, 0.717) is 59.8 Å². The van der Waals surface area contributed by atoms with Crippen LogP contribution in [0.4, 0.5) is 30.7 Å². The van der Waals surface area contributed by atoms with Crippen molar-refractivity contribution in [3.05, 3.63) is 81.8 Å². The average molecular weight is 618 g/mol. The highest BCUT2D eigenvalue weighted by Gasteiger charge is 2.52. The molecule has 2 fully saturated rings. The lowest BCUT2D eigenvalue weighted by atomic mass is 9.68. The van der Waals surface area contributed by atoms with Crippen LogP contribution in [-0.4, -0.2) is 46.2 Å². The number of aliphatic hydroxyl groups is 1. The number of benzene rings is 2. The largest absolute Gasteiger partial charge is 0.416 e. The Bertz CT molecular complexity index is 1340. The number of alkyl halides is 6. The quantitative estimate of drug-likeness (QED) is 0.358. The topological polar surface area (TPSA) is 49.8 Å². The summed E-state index contributed by atoms with van der Waals surface area (Å²) in [6.07, 6.45) is -10.3. The van der Waals surface area contributed by atoms with Crippen LogP contribution in [0.15, 0.2) is 48.2 Å². The van der Waals surface area contributed by atoms with Crippen LogP contribution in [-0.2, 0) is 21.9 Å². The van der Waals surface area contributed by atoms with E-state index >= 15 is 0 Å². The van der Waals surface area contributed by atoms with Crippen molar-refractivity contribution in [3.63, 3.8) is 0 Å². The number of hydrogen-bond donors (Lipinski definition) is 1. The molecule has 42 heavy (non-hydrogen) atoms. The predicted molar refractivity (Wildman–Crippen MR) is 143 cm³/mol. The average Bonchev–Trinajstić information content (AvgIpc) is 3.24. The van der Waals surface area contributed by atoms with Crippen molar-refractivity contribution in [2.45, 2.75) is 63.4 Å². The fourth-order valence-corrected chi connectivity index (χ4v) is 7.45. The zero-order valence-electron chi connectivity index (χ0n) is 22.8. The number of ketones is 1. The minimum Gasteiger partial charge on any atom is -0.373 e. The first kappa shape index (κ1) is 30.9. The Morgan fingerprint density at radius 2 is 1.67 bits per heavy atom. The molecule has 12 heteroatoms. The normalized spacial score (nSPS) is 27.6. The minimum absolute atomic E-state index is 0.0297. The van der Waals surface area contributed by atoms with Gasteiger partial charge in [0.15, 0.2) is 5.78 Å². The predicted octanol–water partition coefficient (Wildman–Crippen LogP) is 7.26. The number of likely N-dealkylation sites (tertiary alicyclic amines) is 1. The van der Waals surface area contributed by atoms with Crippen molar-refractivity contribution >= 4 is 17.5 Å². The number of halogens is 7. The molecule has 2 heterocycles. The second-order valence-corrected chi connectivity index (χ2v) is 12.2. The van der Waals surface area contributed by atoms with Gasteiger partial charge >= 0.3 is 12.4 Å². The second kappa shape index (κ2) is 11.5. The summed E-state index contributed by atoms with van der Waals surface area (Å²) in [6.45, 7) is 3.60. The lowest BCUT2D eigenvalue weighted by molar-refractivity contribution is -0.143. The number of aliphatic hydroxyl groups excluding tert-OH is 1. The maximum absolute atomic E-state index is 14.1. The van der Waals surface area contributed by atoms with Crippen molar-refractivity contribution in [1.82, 2.24) is 4.90 Å². The summed E-state index contributed by atoms with van der Waals surface area (Å²) in [6, 6.07) is 5.64. The zero-order chi connectivity index (χ0) is 30.6. The monoisotopic (exact) mass is 617 g/mol. The summed E-state index contributed by atoms with van der Waals surface area (Å²) < 4.78 is 102. The summed E-state index contributed by atoms with van der Waals surface area (Å²) >= 11 is 1.45. The molecule has 0 aromatic heterocycles. The Kier molecular flexibility index (Phi) is 8.45. The molecule has 1 saturated heterocycles. The number of rotatable bonds is 5.